The molecule has 0 fully saturated rings. The lowest BCUT2D eigenvalue weighted by atomic mass is 10.1. The summed E-state index contributed by atoms with van der Waals surface area (Å²) >= 11 is 0. The smallest absolute Gasteiger partial charge is 0.0717 e. The molecule has 0 atom stereocenters. The number of hydrogen-bond donors (Lipinski definition) is 0. The van der Waals surface area contributed by atoms with Crippen LogP contribution in [0.15, 0.2) is 36.7 Å². The molecule has 2 aromatic rings. The highest BCUT2D eigenvalue weighted by molar-refractivity contribution is 5.58. The van der Waals surface area contributed by atoms with E-state index in [9.17, 15) is 0 Å². The topological polar surface area (TPSA) is 25.8 Å². The third kappa shape index (κ3) is 1.64. The molecule has 2 nitrogen and oxygen atoms in total. The Labute approximate surface area is 83.7 Å². The van der Waals surface area contributed by atoms with Crippen LogP contribution in [0.4, 0.5) is 0 Å². The number of hydrogen-bond acceptors (Lipinski definition) is 2. The Morgan fingerprint density at radius 1 is 1.07 bits per heavy atom. The van der Waals surface area contributed by atoms with Crippen LogP contribution in [0, 0.1) is 13.8 Å². The van der Waals surface area contributed by atoms with Crippen molar-refractivity contribution in [3.63, 3.8) is 0 Å². The van der Waals surface area contributed by atoms with Crippen LogP contribution >= 0.6 is 0 Å². The van der Waals surface area contributed by atoms with Gasteiger partial charge in [0, 0.05) is 23.7 Å². The van der Waals surface area contributed by atoms with Gasteiger partial charge in [-0.05, 0) is 37.6 Å². The minimum Gasteiger partial charge on any atom is -0.261 e. The summed E-state index contributed by atoms with van der Waals surface area (Å²) < 4.78 is 0. The van der Waals surface area contributed by atoms with Crippen LogP contribution in [0.25, 0.3) is 11.3 Å². The summed E-state index contributed by atoms with van der Waals surface area (Å²) in [7, 11) is 0. The quantitative estimate of drug-likeness (QED) is 0.681. The molecule has 70 valence electrons. The molecular formula is C12H12N2. The highest BCUT2D eigenvalue weighted by Crippen LogP contribution is 2.17. The average molecular weight is 184 g/mol. The van der Waals surface area contributed by atoms with Gasteiger partial charge in [-0.15, -0.1) is 0 Å². The molecule has 2 heteroatoms. The molecule has 0 saturated carbocycles. The van der Waals surface area contributed by atoms with Crippen LogP contribution in [0.3, 0.4) is 0 Å². The van der Waals surface area contributed by atoms with Crippen molar-refractivity contribution in [1.29, 1.82) is 0 Å². The molecule has 0 amide bonds. The van der Waals surface area contributed by atoms with Gasteiger partial charge in [-0.3, -0.25) is 9.97 Å². The molecule has 0 unspecified atom stereocenters. The van der Waals surface area contributed by atoms with Crippen molar-refractivity contribution in [2.75, 3.05) is 0 Å². The largest absolute Gasteiger partial charge is 0.261 e. The van der Waals surface area contributed by atoms with E-state index < -0.39 is 0 Å². The predicted molar refractivity (Wildman–Crippen MR) is 56.9 cm³/mol. The summed E-state index contributed by atoms with van der Waals surface area (Å²) in [6.07, 6.45) is 3.66. The number of aromatic nitrogens is 2. The van der Waals surface area contributed by atoms with E-state index >= 15 is 0 Å². The van der Waals surface area contributed by atoms with Gasteiger partial charge in [0.05, 0.1) is 5.69 Å². The van der Waals surface area contributed by atoms with Crippen LogP contribution in [0.5, 0.6) is 0 Å². The fraction of sp³-hybridized carbons (Fsp3) is 0.167. The molecule has 0 radical (unpaired) electrons. The first-order chi connectivity index (χ1) is 6.77. The predicted octanol–water partition coefficient (Wildman–Crippen LogP) is 2.76. The Balaban J connectivity index is 2.48. The minimum atomic E-state index is 0.975. The molecule has 14 heavy (non-hydrogen) atoms. The van der Waals surface area contributed by atoms with E-state index in [1.54, 1.807) is 6.20 Å². The van der Waals surface area contributed by atoms with Crippen molar-refractivity contribution >= 4 is 0 Å². The lowest BCUT2D eigenvalue weighted by molar-refractivity contribution is 1.15. The van der Waals surface area contributed by atoms with Gasteiger partial charge < -0.3 is 0 Å². The zero-order valence-corrected chi connectivity index (χ0v) is 8.36. The van der Waals surface area contributed by atoms with Gasteiger partial charge in [-0.25, -0.2) is 0 Å². The minimum absolute atomic E-state index is 0.975. The van der Waals surface area contributed by atoms with Gasteiger partial charge >= 0.3 is 0 Å². The first kappa shape index (κ1) is 8.88. The molecule has 0 aliphatic rings. The van der Waals surface area contributed by atoms with Crippen LogP contribution in [-0.2, 0) is 0 Å². The maximum absolute atomic E-state index is 4.32. The maximum atomic E-state index is 4.32. The van der Waals surface area contributed by atoms with Gasteiger partial charge in [0.25, 0.3) is 0 Å². The van der Waals surface area contributed by atoms with Crippen LogP contribution in [0.1, 0.15) is 11.3 Å². The van der Waals surface area contributed by atoms with Crippen molar-refractivity contribution in [3.8, 4) is 11.3 Å². The Morgan fingerprint density at radius 3 is 2.57 bits per heavy atom. The van der Waals surface area contributed by atoms with Crippen LogP contribution < -0.4 is 0 Å². The molecule has 2 heterocycles. The van der Waals surface area contributed by atoms with Crippen molar-refractivity contribution in [1.82, 2.24) is 9.97 Å². The Bertz CT molecular complexity index is 435. The summed E-state index contributed by atoms with van der Waals surface area (Å²) in [5, 5.41) is 0. The number of pyridine rings is 2. The van der Waals surface area contributed by atoms with E-state index in [1.165, 1.54) is 5.56 Å². The maximum Gasteiger partial charge on any atom is 0.0717 e. The van der Waals surface area contributed by atoms with Crippen LogP contribution in [-0.4, -0.2) is 9.97 Å². The second kappa shape index (κ2) is 3.58. The number of nitrogens with zero attached hydrogens (tertiary/aromatic N) is 2. The fourth-order valence-electron chi connectivity index (χ4n) is 1.32. The molecule has 0 aliphatic heterocycles. The molecule has 0 saturated heterocycles. The van der Waals surface area contributed by atoms with E-state index in [0.717, 1.165) is 17.0 Å². The molecule has 2 rings (SSSR count). The van der Waals surface area contributed by atoms with E-state index in [1.807, 2.05) is 31.3 Å². The van der Waals surface area contributed by atoms with E-state index in [0.29, 0.717) is 0 Å². The van der Waals surface area contributed by atoms with Gasteiger partial charge in [0.1, 0.15) is 0 Å². The molecule has 2 aromatic heterocycles. The van der Waals surface area contributed by atoms with E-state index in [4.69, 9.17) is 0 Å². The molecule has 0 aromatic carbocycles. The van der Waals surface area contributed by atoms with Gasteiger partial charge in [-0.1, -0.05) is 6.07 Å². The van der Waals surface area contributed by atoms with Crippen molar-refractivity contribution in [2.45, 2.75) is 13.8 Å². The first-order valence-electron chi connectivity index (χ1n) is 4.62. The third-order valence-corrected chi connectivity index (χ3v) is 2.30. The summed E-state index contributed by atoms with van der Waals surface area (Å²) in [6, 6.07) is 8.01. The second-order valence-corrected chi connectivity index (χ2v) is 3.34. The summed E-state index contributed by atoms with van der Waals surface area (Å²) in [6.45, 7) is 4.08. The van der Waals surface area contributed by atoms with Gasteiger partial charge in [0.15, 0.2) is 0 Å². The van der Waals surface area contributed by atoms with E-state index in [-0.39, 0.29) is 0 Å². The summed E-state index contributed by atoms with van der Waals surface area (Å²) in [5.41, 5.74) is 4.33. The third-order valence-electron chi connectivity index (χ3n) is 2.30. The molecule has 0 aliphatic carbocycles. The van der Waals surface area contributed by atoms with Gasteiger partial charge in [0.2, 0.25) is 0 Å². The standard InChI is InChI=1S/C12H12N2/c1-9-7-11(8-14-10(9)2)12-5-3-4-6-13-12/h3-8H,1-2H3. The fourth-order valence-corrected chi connectivity index (χ4v) is 1.32. The van der Waals surface area contributed by atoms with Crippen molar-refractivity contribution in [3.05, 3.63) is 47.9 Å². The van der Waals surface area contributed by atoms with Crippen LogP contribution in [0.2, 0.25) is 0 Å². The first-order valence-corrected chi connectivity index (χ1v) is 4.62. The SMILES string of the molecule is Cc1cc(-c2ccccn2)cnc1C. The second-order valence-electron chi connectivity index (χ2n) is 3.34. The molecule has 0 spiro atoms. The van der Waals surface area contributed by atoms with Gasteiger partial charge in [-0.2, -0.15) is 0 Å². The number of rotatable bonds is 1. The lowest BCUT2D eigenvalue weighted by Crippen LogP contribution is -1.89. The molecule has 0 N–H and O–H groups in total. The van der Waals surface area contributed by atoms with Crippen molar-refractivity contribution in [2.24, 2.45) is 0 Å². The Kier molecular flexibility index (Phi) is 2.27. The molecule has 0 bridgehead atoms. The highest BCUT2D eigenvalue weighted by Gasteiger charge is 2.00. The molecular weight excluding hydrogens is 172 g/mol. The van der Waals surface area contributed by atoms with Crippen molar-refractivity contribution < 1.29 is 0 Å². The van der Waals surface area contributed by atoms with E-state index in [2.05, 4.69) is 23.0 Å². The Morgan fingerprint density at radius 2 is 1.93 bits per heavy atom. The number of aryl methyl sites for hydroxylation is 2. The highest BCUT2D eigenvalue weighted by atomic mass is 14.7. The lowest BCUT2D eigenvalue weighted by Gasteiger charge is -2.03. The zero-order chi connectivity index (χ0) is 9.97. The summed E-state index contributed by atoms with van der Waals surface area (Å²) in [5.74, 6) is 0. The monoisotopic (exact) mass is 184 g/mol. The summed E-state index contributed by atoms with van der Waals surface area (Å²) in [4.78, 5) is 8.59. The zero-order valence-electron chi connectivity index (χ0n) is 8.36. The average Bonchev–Trinajstić information content (AvgIpc) is 2.23. The normalized spacial score (nSPS) is 10.1. The Hall–Kier alpha value is -1.70.